The number of alkyl halides is 3. The topological polar surface area (TPSA) is 54.0 Å². The van der Waals surface area contributed by atoms with Crippen LogP contribution in [-0.4, -0.2) is 17.4 Å². The Morgan fingerprint density at radius 1 is 1.17 bits per heavy atom. The van der Waals surface area contributed by atoms with Crippen LogP contribution in [0.4, 0.5) is 18.9 Å². The summed E-state index contributed by atoms with van der Waals surface area (Å²) in [5, 5.41) is 5.90. The van der Waals surface area contributed by atoms with Gasteiger partial charge < -0.3 is 10.6 Å². The van der Waals surface area contributed by atoms with E-state index in [-0.39, 0.29) is 5.69 Å². The molecule has 23 heavy (non-hydrogen) atoms. The molecule has 0 atom stereocenters. The van der Waals surface area contributed by atoms with Crippen LogP contribution >= 0.6 is 0 Å². The van der Waals surface area contributed by atoms with E-state index >= 15 is 0 Å². The fraction of sp³-hybridized carbons (Fsp3) is 0.250. The molecule has 1 amide bonds. The molecule has 0 radical (unpaired) electrons. The number of nitrogens with one attached hydrogen (secondary N) is 2. The molecule has 0 saturated heterocycles. The van der Waals surface area contributed by atoms with Crippen LogP contribution in [-0.2, 0) is 19.1 Å². The van der Waals surface area contributed by atoms with E-state index in [1.54, 1.807) is 6.07 Å². The number of aromatic nitrogens is 1. The molecule has 0 fully saturated rings. The summed E-state index contributed by atoms with van der Waals surface area (Å²) in [5.41, 5.74) is 1.99. The molecule has 1 aliphatic heterocycles. The Bertz CT molecular complexity index is 726. The molecule has 0 saturated carbocycles. The van der Waals surface area contributed by atoms with Crippen LogP contribution in [0.25, 0.3) is 0 Å². The number of halogens is 3. The van der Waals surface area contributed by atoms with Crippen LogP contribution in [0.5, 0.6) is 0 Å². The number of hydrogen-bond acceptors (Lipinski definition) is 3. The maximum absolute atomic E-state index is 12.5. The summed E-state index contributed by atoms with van der Waals surface area (Å²) in [4.78, 5) is 15.7. The van der Waals surface area contributed by atoms with Crippen LogP contribution < -0.4 is 10.6 Å². The highest BCUT2D eigenvalue weighted by atomic mass is 19.4. The lowest BCUT2D eigenvalue weighted by atomic mass is 10.0. The number of anilines is 1. The minimum Gasteiger partial charge on any atom is -0.321 e. The summed E-state index contributed by atoms with van der Waals surface area (Å²) in [6.07, 6.45) is -2.87. The summed E-state index contributed by atoms with van der Waals surface area (Å²) < 4.78 is 37.4. The van der Waals surface area contributed by atoms with Crippen LogP contribution in [0.3, 0.4) is 0 Å². The number of carbonyl (C=O) groups is 1. The number of fused-ring (bicyclic) bond motifs is 1. The molecule has 2 heterocycles. The van der Waals surface area contributed by atoms with Gasteiger partial charge in [0.2, 0.25) is 0 Å². The third-order valence-electron chi connectivity index (χ3n) is 3.67. The molecule has 0 unspecified atom stereocenters. The van der Waals surface area contributed by atoms with Gasteiger partial charge in [-0.2, -0.15) is 13.2 Å². The largest absolute Gasteiger partial charge is 0.417 e. The minimum atomic E-state index is -4.46. The first-order chi connectivity index (χ1) is 10.9. The van der Waals surface area contributed by atoms with Crippen molar-refractivity contribution < 1.29 is 18.0 Å². The van der Waals surface area contributed by atoms with Gasteiger partial charge >= 0.3 is 6.18 Å². The highest BCUT2D eigenvalue weighted by Gasteiger charge is 2.30. The van der Waals surface area contributed by atoms with Gasteiger partial charge in [-0.25, -0.2) is 0 Å². The van der Waals surface area contributed by atoms with Crippen molar-refractivity contribution in [1.29, 1.82) is 0 Å². The average molecular weight is 321 g/mol. The van der Waals surface area contributed by atoms with Crippen molar-refractivity contribution in [3.8, 4) is 0 Å². The predicted octanol–water partition coefficient (Wildman–Crippen LogP) is 3.00. The van der Waals surface area contributed by atoms with E-state index < -0.39 is 17.6 Å². The summed E-state index contributed by atoms with van der Waals surface area (Å²) in [6.45, 7) is 1.66. The molecule has 0 bridgehead atoms. The fourth-order valence-corrected chi connectivity index (χ4v) is 2.45. The van der Waals surface area contributed by atoms with Gasteiger partial charge in [-0.1, -0.05) is 6.07 Å². The Morgan fingerprint density at radius 3 is 2.70 bits per heavy atom. The summed E-state index contributed by atoms with van der Waals surface area (Å²) in [7, 11) is 0. The molecule has 7 heteroatoms. The summed E-state index contributed by atoms with van der Waals surface area (Å²) >= 11 is 0. The molecule has 4 nitrogen and oxygen atoms in total. The van der Waals surface area contributed by atoms with Crippen molar-refractivity contribution in [3.05, 3.63) is 58.9 Å². The van der Waals surface area contributed by atoms with Gasteiger partial charge in [0.25, 0.3) is 5.91 Å². The van der Waals surface area contributed by atoms with E-state index in [0.29, 0.717) is 11.9 Å². The van der Waals surface area contributed by atoms with Crippen LogP contribution in [0.15, 0.2) is 36.5 Å². The van der Waals surface area contributed by atoms with E-state index in [9.17, 15) is 18.0 Å². The molecule has 2 aromatic rings. The second-order valence-corrected chi connectivity index (χ2v) is 5.29. The number of hydrogen-bond donors (Lipinski definition) is 2. The van der Waals surface area contributed by atoms with Crippen molar-refractivity contribution in [2.45, 2.75) is 19.1 Å². The van der Waals surface area contributed by atoms with Gasteiger partial charge in [-0.05, 0) is 48.4 Å². The van der Waals surface area contributed by atoms with E-state index in [2.05, 4.69) is 15.6 Å². The van der Waals surface area contributed by atoms with Gasteiger partial charge in [0, 0.05) is 18.4 Å². The first-order valence-corrected chi connectivity index (χ1v) is 7.10. The number of carbonyl (C=O) groups excluding carboxylic acids is 1. The quantitative estimate of drug-likeness (QED) is 0.894. The van der Waals surface area contributed by atoms with Crippen molar-refractivity contribution in [3.63, 3.8) is 0 Å². The van der Waals surface area contributed by atoms with Crippen molar-refractivity contribution in [2.75, 3.05) is 11.9 Å². The Labute approximate surface area is 130 Å². The minimum absolute atomic E-state index is 0.0613. The molecule has 1 aromatic heterocycles. The Hall–Kier alpha value is -2.41. The predicted molar refractivity (Wildman–Crippen MR) is 79.0 cm³/mol. The van der Waals surface area contributed by atoms with E-state index in [4.69, 9.17) is 0 Å². The van der Waals surface area contributed by atoms with Gasteiger partial charge in [-0.3, -0.25) is 9.78 Å². The fourth-order valence-electron chi connectivity index (χ4n) is 2.45. The monoisotopic (exact) mass is 321 g/mol. The third-order valence-corrected chi connectivity index (χ3v) is 3.67. The molecule has 3 rings (SSSR count). The number of nitrogens with zero attached hydrogens (tertiary/aromatic N) is 1. The lowest BCUT2D eigenvalue weighted by Crippen LogP contribution is -2.24. The number of amides is 1. The SMILES string of the molecule is O=C(Nc1ccc2c(c1)CNCC2)c1ccc(C(F)(F)F)cn1. The van der Waals surface area contributed by atoms with Crippen molar-refractivity contribution in [1.82, 2.24) is 10.3 Å². The third kappa shape index (κ3) is 3.50. The zero-order valence-electron chi connectivity index (χ0n) is 12.1. The second kappa shape index (κ2) is 6.00. The molecular formula is C16H14F3N3O. The first kappa shape index (κ1) is 15.5. The standard InChI is InChI=1S/C16H14F3N3O/c17-16(18,19)12-2-4-14(21-9-12)15(23)22-13-3-1-10-5-6-20-8-11(10)7-13/h1-4,7,9,20H,5-6,8H2,(H,22,23). The Balaban J connectivity index is 1.74. The van der Waals surface area contributed by atoms with Gasteiger partial charge in [0.1, 0.15) is 5.69 Å². The maximum Gasteiger partial charge on any atom is 0.417 e. The highest BCUT2D eigenvalue weighted by molar-refractivity contribution is 6.02. The molecule has 1 aliphatic rings. The maximum atomic E-state index is 12.5. The first-order valence-electron chi connectivity index (χ1n) is 7.10. The van der Waals surface area contributed by atoms with E-state index in [1.807, 2.05) is 12.1 Å². The van der Waals surface area contributed by atoms with Gasteiger partial charge in [0.05, 0.1) is 5.56 Å². The molecule has 120 valence electrons. The smallest absolute Gasteiger partial charge is 0.321 e. The van der Waals surface area contributed by atoms with Crippen LogP contribution in [0.1, 0.15) is 27.2 Å². The second-order valence-electron chi connectivity index (χ2n) is 5.29. The lowest BCUT2D eigenvalue weighted by molar-refractivity contribution is -0.137. The Kier molecular flexibility index (Phi) is 4.04. The van der Waals surface area contributed by atoms with E-state index in [0.717, 1.165) is 37.2 Å². The van der Waals surface area contributed by atoms with Crippen LogP contribution in [0.2, 0.25) is 0 Å². The summed E-state index contributed by atoms with van der Waals surface area (Å²) in [6, 6.07) is 7.51. The highest BCUT2D eigenvalue weighted by Crippen LogP contribution is 2.28. The van der Waals surface area contributed by atoms with Crippen molar-refractivity contribution >= 4 is 11.6 Å². The molecule has 0 aliphatic carbocycles. The molecule has 1 aromatic carbocycles. The number of benzene rings is 1. The zero-order chi connectivity index (χ0) is 16.4. The van der Waals surface area contributed by atoms with Gasteiger partial charge in [-0.15, -0.1) is 0 Å². The summed E-state index contributed by atoms with van der Waals surface area (Å²) in [5.74, 6) is -0.539. The van der Waals surface area contributed by atoms with Gasteiger partial charge in [0.15, 0.2) is 0 Å². The number of rotatable bonds is 2. The average Bonchev–Trinajstić information content (AvgIpc) is 2.54. The zero-order valence-corrected chi connectivity index (χ0v) is 12.1. The lowest BCUT2D eigenvalue weighted by Gasteiger charge is -2.18. The number of pyridine rings is 1. The normalized spacial score (nSPS) is 14.2. The molecule has 2 N–H and O–H groups in total. The molecule has 0 spiro atoms. The van der Waals surface area contributed by atoms with Crippen LogP contribution in [0, 0.1) is 0 Å². The van der Waals surface area contributed by atoms with E-state index in [1.165, 1.54) is 5.56 Å². The molecular weight excluding hydrogens is 307 g/mol. The Morgan fingerprint density at radius 2 is 2.00 bits per heavy atom. The van der Waals surface area contributed by atoms with Crippen molar-refractivity contribution in [2.24, 2.45) is 0 Å².